The van der Waals surface area contributed by atoms with Gasteiger partial charge in [0.2, 0.25) is 5.91 Å². The summed E-state index contributed by atoms with van der Waals surface area (Å²) in [6.45, 7) is 8.59. The predicted molar refractivity (Wildman–Crippen MR) is 64.3 cm³/mol. The first-order chi connectivity index (χ1) is 7.79. The SMILES string of the molecule is CCN(CC1CC1)C(=O)CN1CCNCC1. The van der Waals surface area contributed by atoms with E-state index in [9.17, 15) is 4.79 Å². The molecule has 4 heteroatoms. The lowest BCUT2D eigenvalue weighted by Crippen LogP contribution is -2.48. The molecule has 1 aliphatic heterocycles. The second-order valence-corrected chi connectivity index (χ2v) is 4.90. The highest BCUT2D eigenvalue weighted by molar-refractivity contribution is 5.78. The van der Waals surface area contributed by atoms with Crippen molar-refractivity contribution < 1.29 is 4.79 Å². The van der Waals surface area contributed by atoms with E-state index in [2.05, 4.69) is 17.1 Å². The third kappa shape index (κ3) is 3.46. The monoisotopic (exact) mass is 225 g/mol. The summed E-state index contributed by atoms with van der Waals surface area (Å²) < 4.78 is 0. The number of rotatable bonds is 5. The highest BCUT2D eigenvalue weighted by atomic mass is 16.2. The third-order valence-electron chi connectivity index (χ3n) is 3.48. The van der Waals surface area contributed by atoms with Gasteiger partial charge in [-0.05, 0) is 25.7 Å². The zero-order valence-corrected chi connectivity index (χ0v) is 10.2. The number of carbonyl (C=O) groups is 1. The summed E-state index contributed by atoms with van der Waals surface area (Å²) in [5, 5.41) is 3.31. The number of likely N-dealkylation sites (N-methyl/N-ethyl adjacent to an activating group) is 1. The standard InChI is InChI=1S/C12H23N3O/c1-2-15(9-11-3-4-11)12(16)10-14-7-5-13-6-8-14/h11,13H,2-10H2,1H3. The van der Waals surface area contributed by atoms with Crippen molar-refractivity contribution in [3.63, 3.8) is 0 Å². The van der Waals surface area contributed by atoms with E-state index in [-0.39, 0.29) is 0 Å². The van der Waals surface area contributed by atoms with Gasteiger partial charge in [-0.25, -0.2) is 0 Å². The Hall–Kier alpha value is -0.610. The summed E-state index contributed by atoms with van der Waals surface area (Å²) in [6.07, 6.45) is 2.63. The van der Waals surface area contributed by atoms with Crippen LogP contribution in [0.3, 0.4) is 0 Å². The van der Waals surface area contributed by atoms with Crippen LogP contribution in [-0.4, -0.2) is 61.5 Å². The van der Waals surface area contributed by atoms with Crippen molar-refractivity contribution in [3.05, 3.63) is 0 Å². The minimum atomic E-state index is 0.316. The Labute approximate surface area is 98.0 Å². The normalized spacial score (nSPS) is 22.1. The van der Waals surface area contributed by atoms with Crippen molar-refractivity contribution in [2.24, 2.45) is 5.92 Å². The van der Waals surface area contributed by atoms with Crippen LogP contribution in [-0.2, 0) is 4.79 Å². The molecule has 1 saturated heterocycles. The summed E-state index contributed by atoms with van der Waals surface area (Å²) in [7, 11) is 0. The second kappa shape index (κ2) is 5.64. The molecule has 1 aliphatic carbocycles. The lowest BCUT2D eigenvalue weighted by molar-refractivity contribution is -0.132. The van der Waals surface area contributed by atoms with Crippen LogP contribution < -0.4 is 5.32 Å². The minimum Gasteiger partial charge on any atom is -0.342 e. The Morgan fingerprint density at radius 2 is 2.06 bits per heavy atom. The molecule has 0 bridgehead atoms. The molecule has 1 heterocycles. The van der Waals surface area contributed by atoms with Crippen LogP contribution >= 0.6 is 0 Å². The molecule has 2 rings (SSSR count). The van der Waals surface area contributed by atoms with Gasteiger partial charge < -0.3 is 10.2 Å². The molecule has 92 valence electrons. The smallest absolute Gasteiger partial charge is 0.236 e. The van der Waals surface area contributed by atoms with E-state index < -0.39 is 0 Å². The van der Waals surface area contributed by atoms with Crippen LogP contribution in [0, 0.1) is 5.92 Å². The molecule has 1 N–H and O–H groups in total. The minimum absolute atomic E-state index is 0.316. The highest BCUT2D eigenvalue weighted by Crippen LogP contribution is 2.29. The zero-order valence-electron chi connectivity index (χ0n) is 10.2. The van der Waals surface area contributed by atoms with Crippen molar-refractivity contribution in [2.75, 3.05) is 45.8 Å². The van der Waals surface area contributed by atoms with Gasteiger partial charge in [0, 0.05) is 39.3 Å². The Balaban J connectivity index is 1.74. The topological polar surface area (TPSA) is 35.6 Å². The Kier molecular flexibility index (Phi) is 4.18. The largest absolute Gasteiger partial charge is 0.342 e. The lowest BCUT2D eigenvalue weighted by atomic mass is 10.3. The van der Waals surface area contributed by atoms with Gasteiger partial charge in [0.15, 0.2) is 0 Å². The average molecular weight is 225 g/mol. The number of hydrogen-bond acceptors (Lipinski definition) is 3. The number of amides is 1. The number of hydrogen-bond donors (Lipinski definition) is 1. The molecule has 0 atom stereocenters. The van der Waals surface area contributed by atoms with Crippen molar-refractivity contribution >= 4 is 5.91 Å². The molecule has 0 unspecified atom stereocenters. The van der Waals surface area contributed by atoms with E-state index in [0.29, 0.717) is 12.5 Å². The molecular weight excluding hydrogens is 202 g/mol. The predicted octanol–water partition coefficient (Wildman–Crippen LogP) is 0.150. The molecule has 0 aromatic rings. The number of piperazine rings is 1. The van der Waals surface area contributed by atoms with Crippen LogP contribution in [0.1, 0.15) is 19.8 Å². The van der Waals surface area contributed by atoms with E-state index in [1.807, 2.05) is 4.90 Å². The van der Waals surface area contributed by atoms with Crippen LogP contribution in [0.5, 0.6) is 0 Å². The first kappa shape index (κ1) is 11.9. The van der Waals surface area contributed by atoms with Crippen molar-refractivity contribution in [1.29, 1.82) is 0 Å². The van der Waals surface area contributed by atoms with Gasteiger partial charge in [0.1, 0.15) is 0 Å². The van der Waals surface area contributed by atoms with Gasteiger partial charge in [-0.2, -0.15) is 0 Å². The van der Waals surface area contributed by atoms with Crippen LogP contribution in [0.15, 0.2) is 0 Å². The summed E-state index contributed by atoms with van der Waals surface area (Å²) >= 11 is 0. The highest BCUT2D eigenvalue weighted by Gasteiger charge is 2.26. The van der Waals surface area contributed by atoms with E-state index in [1.54, 1.807) is 0 Å². The summed E-state index contributed by atoms with van der Waals surface area (Å²) in [5.41, 5.74) is 0. The van der Waals surface area contributed by atoms with Gasteiger partial charge in [-0.1, -0.05) is 0 Å². The molecular formula is C12H23N3O. The number of nitrogens with one attached hydrogen (secondary N) is 1. The number of nitrogens with zero attached hydrogens (tertiary/aromatic N) is 2. The Morgan fingerprint density at radius 1 is 1.38 bits per heavy atom. The van der Waals surface area contributed by atoms with Gasteiger partial charge in [0.05, 0.1) is 6.54 Å². The van der Waals surface area contributed by atoms with Crippen molar-refractivity contribution in [3.8, 4) is 0 Å². The summed E-state index contributed by atoms with van der Waals surface area (Å²) in [6, 6.07) is 0. The van der Waals surface area contributed by atoms with Gasteiger partial charge in [-0.15, -0.1) is 0 Å². The third-order valence-corrected chi connectivity index (χ3v) is 3.48. The Morgan fingerprint density at radius 3 is 2.62 bits per heavy atom. The maximum atomic E-state index is 12.1. The van der Waals surface area contributed by atoms with Gasteiger partial charge in [-0.3, -0.25) is 9.69 Å². The fourth-order valence-electron chi connectivity index (χ4n) is 2.18. The van der Waals surface area contributed by atoms with E-state index in [0.717, 1.165) is 45.2 Å². The van der Waals surface area contributed by atoms with Gasteiger partial charge in [0.25, 0.3) is 0 Å². The maximum absolute atomic E-state index is 12.1. The van der Waals surface area contributed by atoms with Crippen LogP contribution in [0.4, 0.5) is 0 Å². The molecule has 0 aromatic carbocycles. The quantitative estimate of drug-likeness (QED) is 0.723. The van der Waals surface area contributed by atoms with Crippen LogP contribution in [0.25, 0.3) is 0 Å². The molecule has 0 aromatic heterocycles. The second-order valence-electron chi connectivity index (χ2n) is 4.90. The fourth-order valence-corrected chi connectivity index (χ4v) is 2.18. The lowest BCUT2D eigenvalue weighted by Gasteiger charge is -2.29. The van der Waals surface area contributed by atoms with Gasteiger partial charge >= 0.3 is 0 Å². The first-order valence-electron chi connectivity index (χ1n) is 6.50. The maximum Gasteiger partial charge on any atom is 0.236 e. The van der Waals surface area contributed by atoms with Crippen molar-refractivity contribution in [2.45, 2.75) is 19.8 Å². The molecule has 4 nitrogen and oxygen atoms in total. The summed E-state index contributed by atoms with van der Waals surface area (Å²) in [5.74, 6) is 1.11. The van der Waals surface area contributed by atoms with E-state index in [4.69, 9.17) is 0 Å². The first-order valence-corrected chi connectivity index (χ1v) is 6.50. The fraction of sp³-hybridized carbons (Fsp3) is 0.917. The molecule has 1 amide bonds. The molecule has 0 spiro atoms. The van der Waals surface area contributed by atoms with Crippen LogP contribution in [0.2, 0.25) is 0 Å². The van der Waals surface area contributed by atoms with Crippen molar-refractivity contribution in [1.82, 2.24) is 15.1 Å². The Bertz CT molecular complexity index is 234. The zero-order chi connectivity index (χ0) is 11.4. The number of carbonyl (C=O) groups excluding carboxylic acids is 1. The summed E-state index contributed by atoms with van der Waals surface area (Å²) in [4.78, 5) is 16.4. The van der Waals surface area contributed by atoms with E-state index >= 15 is 0 Å². The molecule has 2 fully saturated rings. The molecule has 2 aliphatic rings. The molecule has 16 heavy (non-hydrogen) atoms. The van der Waals surface area contributed by atoms with E-state index in [1.165, 1.54) is 12.8 Å². The molecule has 0 radical (unpaired) electrons. The molecule has 1 saturated carbocycles. The average Bonchev–Trinajstić information content (AvgIpc) is 3.11.